The van der Waals surface area contributed by atoms with Gasteiger partial charge in [-0.15, -0.1) is 11.3 Å². The fraction of sp³-hybridized carbons (Fsp3) is 0.400. The number of carbonyl (C=O) groups is 3. The van der Waals surface area contributed by atoms with Gasteiger partial charge in [-0.05, 0) is 5.92 Å². The first-order valence-electron chi connectivity index (χ1n) is 5.12. The minimum atomic E-state index is -1.20. The highest BCUT2D eigenvalue weighted by Gasteiger charge is 2.23. The van der Waals surface area contributed by atoms with Crippen LogP contribution in [-0.4, -0.2) is 33.9 Å². The van der Waals surface area contributed by atoms with Crippen molar-refractivity contribution in [2.45, 2.75) is 19.9 Å². The molecule has 1 heterocycles. The van der Waals surface area contributed by atoms with Crippen molar-refractivity contribution in [3.8, 4) is 0 Å². The first kappa shape index (κ1) is 14.1. The number of aromatic carboxylic acids is 1. The summed E-state index contributed by atoms with van der Waals surface area (Å²) in [5.41, 5.74) is 5.16. The molecule has 0 aliphatic heterocycles. The molecule has 1 aromatic heterocycles. The second-order valence-corrected chi connectivity index (χ2v) is 4.96. The molecular formula is C10H13N3O4S. The number of nitrogens with one attached hydrogen (secondary N) is 1. The number of carboxylic acid groups (broad SMARTS) is 1. The van der Waals surface area contributed by atoms with Crippen LogP contribution in [0.3, 0.4) is 0 Å². The van der Waals surface area contributed by atoms with Crippen molar-refractivity contribution in [3.63, 3.8) is 0 Å². The quantitative estimate of drug-likeness (QED) is 0.700. The molecule has 0 radical (unpaired) electrons. The molecule has 0 fully saturated rings. The Hall–Kier alpha value is -1.96. The van der Waals surface area contributed by atoms with Crippen molar-refractivity contribution >= 4 is 29.1 Å². The van der Waals surface area contributed by atoms with E-state index in [-0.39, 0.29) is 15.8 Å². The number of aromatic nitrogens is 1. The Balaban J connectivity index is 2.80. The molecule has 4 N–H and O–H groups in total. The molecule has 0 aliphatic rings. The normalized spacial score (nSPS) is 12.2. The maximum atomic E-state index is 11.8. The van der Waals surface area contributed by atoms with E-state index in [0.29, 0.717) is 0 Å². The van der Waals surface area contributed by atoms with E-state index in [0.717, 1.165) is 17.5 Å². The van der Waals surface area contributed by atoms with Gasteiger partial charge in [0, 0.05) is 0 Å². The van der Waals surface area contributed by atoms with Crippen molar-refractivity contribution in [3.05, 3.63) is 16.1 Å². The van der Waals surface area contributed by atoms with Crippen LogP contribution in [0.4, 0.5) is 0 Å². The number of amides is 2. The van der Waals surface area contributed by atoms with E-state index in [1.54, 1.807) is 13.8 Å². The number of thiazole rings is 1. The van der Waals surface area contributed by atoms with Crippen LogP contribution in [0, 0.1) is 5.92 Å². The lowest BCUT2D eigenvalue weighted by molar-refractivity contribution is -0.120. The summed E-state index contributed by atoms with van der Waals surface area (Å²) < 4.78 is 0. The van der Waals surface area contributed by atoms with E-state index < -0.39 is 23.8 Å². The topological polar surface area (TPSA) is 122 Å². The van der Waals surface area contributed by atoms with Gasteiger partial charge in [0.15, 0.2) is 0 Å². The summed E-state index contributed by atoms with van der Waals surface area (Å²) in [5.74, 6) is -2.55. The summed E-state index contributed by atoms with van der Waals surface area (Å²) in [7, 11) is 0. The Morgan fingerprint density at radius 3 is 2.44 bits per heavy atom. The second-order valence-electron chi connectivity index (χ2n) is 3.93. The SMILES string of the molecule is CC(C)C(NC(=O)c1cnc(C(=O)O)s1)C(N)=O. The molecule has 0 aromatic carbocycles. The average molecular weight is 271 g/mol. The fourth-order valence-corrected chi connectivity index (χ4v) is 1.91. The minimum absolute atomic E-state index is 0.124. The van der Waals surface area contributed by atoms with Crippen LogP contribution in [0.15, 0.2) is 6.20 Å². The number of nitrogens with zero attached hydrogens (tertiary/aromatic N) is 1. The molecule has 0 bridgehead atoms. The molecule has 0 spiro atoms. The first-order valence-corrected chi connectivity index (χ1v) is 5.94. The predicted octanol–water partition coefficient (Wildman–Crippen LogP) is 0.0810. The number of primary amides is 1. The molecule has 0 saturated carbocycles. The Bertz CT molecular complexity index is 483. The van der Waals surface area contributed by atoms with Crippen LogP contribution in [0.1, 0.15) is 33.3 Å². The maximum absolute atomic E-state index is 11.8. The number of hydrogen-bond acceptors (Lipinski definition) is 5. The number of nitrogens with two attached hydrogens (primary N) is 1. The van der Waals surface area contributed by atoms with Crippen molar-refractivity contribution in [1.29, 1.82) is 0 Å². The van der Waals surface area contributed by atoms with Gasteiger partial charge in [0.2, 0.25) is 10.9 Å². The van der Waals surface area contributed by atoms with E-state index in [4.69, 9.17) is 10.8 Å². The standard InChI is InChI=1S/C10H13N3O4S/c1-4(2)6(7(11)14)13-8(15)5-3-12-9(18-5)10(16)17/h3-4,6H,1-2H3,(H2,11,14)(H,13,15)(H,16,17). The molecule has 1 atom stereocenters. The Morgan fingerprint density at radius 2 is 2.06 bits per heavy atom. The van der Waals surface area contributed by atoms with E-state index in [1.807, 2.05) is 0 Å². The fourth-order valence-electron chi connectivity index (χ4n) is 1.26. The van der Waals surface area contributed by atoms with E-state index in [1.165, 1.54) is 0 Å². The van der Waals surface area contributed by atoms with Gasteiger partial charge in [0.05, 0.1) is 6.20 Å². The molecular weight excluding hydrogens is 258 g/mol. The van der Waals surface area contributed by atoms with Gasteiger partial charge in [-0.2, -0.15) is 0 Å². The third-order valence-corrected chi connectivity index (χ3v) is 3.16. The molecule has 0 saturated heterocycles. The second kappa shape index (κ2) is 5.58. The zero-order valence-electron chi connectivity index (χ0n) is 9.84. The Labute approximate surface area is 107 Å². The molecule has 1 unspecified atom stereocenters. The zero-order chi connectivity index (χ0) is 13.9. The molecule has 0 aliphatic carbocycles. The van der Waals surface area contributed by atoms with Crippen molar-refractivity contribution in [2.75, 3.05) is 0 Å². The summed E-state index contributed by atoms with van der Waals surface area (Å²) in [6, 6.07) is -0.798. The van der Waals surface area contributed by atoms with E-state index in [2.05, 4.69) is 10.3 Å². The van der Waals surface area contributed by atoms with E-state index in [9.17, 15) is 14.4 Å². The largest absolute Gasteiger partial charge is 0.476 e. The van der Waals surface area contributed by atoms with Gasteiger partial charge in [0.1, 0.15) is 10.9 Å². The van der Waals surface area contributed by atoms with Gasteiger partial charge in [0.25, 0.3) is 5.91 Å². The minimum Gasteiger partial charge on any atom is -0.476 e. The van der Waals surface area contributed by atoms with Gasteiger partial charge >= 0.3 is 5.97 Å². The average Bonchev–Trinajstić information content (AvgIpc) is 2.73. The van der Waals surface area contributed by atoms with Crippen LogP contribution >= 0.6 is 11.3 Å². The van der Waals surface area contributed by atoms with Crippen LogP contribution in [-0.2, 0) is 4.79 Å². The Morgan fingerprint density at radius 1 is 1.44 bits per heavy atom. The highest BCUT2D eigenvalue weighted by atomic mass is 32.1. The van der Waals surface area contributed by atoms with Crippen molar-refractivity contribution in [1.82, 2.24) is 10.3 Å². The lowest BCUT2D eigenvalue weighted by Gasteiger charge is -2.18. The van der Waals surface area contributed by atoms with Gasteiger partial charge in [-0.3, -0.25) is 9.59 Å². The van der Waals surface area contributed by atoms with Crippen LogP contribution in [0.5, 0.6) is 0 Å². The molecule has 2 amide bonds. The number of rotatable bonds is 5. The lowest BCUT2D eigenvalue weighted by Crippen LogP contribution is -2.47. The third-order valence-electron chi connectivity index (χ3n) is 2.17. The first-order chi connectivity index (χ1) is 8.32. The zero-order valence-corrected chi connectivity index (χ0v) is 10.7. The number of carbonyl (C=O) groups excluding carboxylic acids is 2. The summed E-state index contributed by atoms with van der Waals surface area (Å²) in [4.78, 5) is 37.2. The van der Waals surface area contributed by atoms with Gasteiger partial charge < -0.3 is 16.2 Å². The number of carboxylic acids is 1. The molecule has 1 rings (SSSR count). The van der Waals surface area contributed by atoms with E-state index >= 15 is 0 Å². The van der Waals surface area contributed by atoms with Crippen molar-refractivity contribution in [2.24, 2.45) is 11.7 Å². The molecule has 18 heavy (non-hydrogen) atoms. The summed E-state index contributed by atoms with van der Waals surface area (Å²) >= 11 is 0.740. The summed E-state index contributed by atoms with van der Waals surface area (Å²) in [6.07, 6.45) is 1.15. The monoisotopic (exact) mass is 271 g/mol. The van der Waals surface area contributed by atoms with Crippen LogP contribution in [0.25, 0.3) is 0 Å². The summed E-state index contributed by atoms with van der Waals surface area (Å²) in [6.45, 7) is 3.48. The van der Waals surface area contributed by atoms with Crippen LogP contribution < -0.4 is 11.1 Å². The lowest BCUT2D eigenvalue weighted by atomic mass is 10.0. The van der Waals surface area contributed by atoms with Gasteiger partial charge in [-0.25, -0.2) is 9.78 Å². The molecule has 7 nitrogen and oxygen atoms in total. The Kier molecular flexibility index (Phi) is 4.38. The van der Waals surface area contributed by atoms with Gasteiger partial charge in [-0.1, -0.05) is 13.8 Å². The van der Waals surface area contributed by atoms with Crippen LogP contribution in [0.2, 0.25) is 0 Å². The highest BCUT2D eigenvalue weighted by molar-refractivity contribution is 7.15. The number of hydrogen-bond donors (Lipinski definition) is 3. The molecule has 98 valence electrons. The maximum Gasteiger partial charge on any atom is 0.365 e. The highest BCUT2D eigenvalue weighted by Crippen LogP contribution is 2.13. The van der Waals surface area contributed by atoms with Crippen molar-refractivity contribution < 1.29 is 19.5 Å². The summed E-state index contributed by atoms with van der Waals surface area (Å²) in [5, 5.41) is 10.9. The predicted molar refractivity (Wildman–Crippen MR) is 64.4 cm³/mol. The third kappa shape index (κ3) is 3.27. The molecule has 1 aromatic rings. The molecule has 8 heteroatoms. The smallest absolute Gasteiger partial charge is 0.365 e.